The van der Waals surface area contributed by atoms with E-state index in [-0.39, 0.29) is 17.8 Å². The Morgan fingerprint density at radius 1 is 1.21 bits per heavy atom. The maximum absolute atomic E-state index is 13.5. The highest BCUT2D eigenvalue weighted by molar-refractivity contribution is 9.10. The number of ketones is 1. The van der Waals surface area contributed by atoms with Crippen LogP contribution in [0.3, 0.4) is 0 Å². The van der Waals surface area contributed by atoms with Crippen LogP contribution in [-0.4, -0.2) is 5.78 Å². The van der Waals surface area contributed by atoms with Crippen molar-refractivity contribution in [1.82, 2.24) is 0 Å². The zero-order valence-corrected chi connectivity index (χ0v) is 11.8. The van der Waals surface area contributed by atoms with Gasteiger partial charge in [0, 0.05) is 16.5 Å². The average molecular weight is 325 g/mol. The highest BCUT2D eigenvalue weighted by Crippen LogP contribution is 2.20. The second-order valence-electron chi connectivity index (χ2n) is 4.28. The van der Waals surface area contributed by atoms with E-state index in [9.17, 15) is 13.6 Å². The quantitative estimate of drug-likeness (QED) is 0.762. The molecular weight excluding hydrogens is 314 g/mol. The van der Waals surface area contributed by atoms with Gasteiger partial charge in [-0.15, -0.1) is 0 Å². The fraction of sp³-hybridized carbons (Fsp3) is 0.133. The van der Waals surface area contributed by atoms with Crippen LogP contribution in [0, 0.1) is 18.6 Å². The molecule has 0 bridgehead atoms. The van der Waals surface area contributed by atoms with Crippen LogP contribution in [-0.2, 0) is 6.42 Å². The molecule has 0 fully saturated rings. The molecule has 2 aromatic carbocycles. The molecule has 0 unspecified atom stereocenters. The number of hydrogen-bond acceptors (Lipinski definition) is 1. The number of Topliss-reactive ketones (excluding diaryl/α,β-unsaturated/α-hetero) is 1. The Morgan fingerprint density at radius 2 is 1.95 bits per heavy atom. The van der Waals surface area contributed by atoms with Crippen molar-refractivity contribution in [2.75, 3.05) is 0 Å². The Morgan fingerprint density at radius 3 is 2.63 bits per heavy atom. The number of rotatable bonds is 3. The molecule has 0 N–H and O–H groups in total. The lowest BCUT2D eigenvalue weighted by Crippen LogP contribution is -2.06. The van der Waals surface area contributed by atoms with Gasteiger partial charge in [0.2, 0.25) is 0 Å². The van der Waals surface area contributed by atoms with Crippen molar-refractivity contribution in [3.05, 3.63) is 69.2 Å². The van der Waals surface area contributed by atoms with E-state index >= 15 is 0 Å². The third-order valence-electron chi connectivity index (χ3n) is 2.88. The molecule has 0 aliphatic heterocycles. The summed E-state index contributed by atoms with van der Waals surface area (Å²) < 4.78 is 27.4. The van der Waals surface area contributed by atoms with E-state index in [1.54, 1.807) is 18.2 Å². The summed E-state index contributed by atoms with van der Waals surface area (Å²) in [6.07, 6.45) is -0.154. The van der Waals surface area contributed by atoms with Crippen molar-refractivity contribution in [2.45, 2.75) is 13.3 Å². The summed E-state index contributed by atoms with van der Waals surface area (Å²) in [5.74, 6) is -2.14. The molecule has 0 aliphatic rings. The topological polar surface area (TPSA) is 17.1 Å². The van der Waals surface area contributed by atoms with Crippen molar-refractivity contribution >= 4 is 21.7 Å². The van der Waals surface area contributed by atoms with Gasteiger partial charge in [-0.1, -0.05) is 40.2 Å². The van der Waals surface area contributed by atoms with Crippen LogP contribution in [0.1, 0.15) is 21.5 Å². The summed E-state index contributed by atoms with van der Waals surface area (Å²) in [5.41, 5.74) is 1.55. The summed E-state index contributed by atoms with van der Waals surface area (Å²) in [6, 6.07) is 9.02. The van der Waals surface area contributed by atoms with Gasteiger partial charge in [0.05, 0.1) is 0 Å². The molecule has 0 heterocycles. The van der Waals surface area contributed by atoms with Gasteiger partial charge in [-0.2, -0.15) is 0 Å². The Bertz CT molecular complexity index is 638. The third kappa shape index (κ3) is 3.07. The monoisotopic (exact) mass is 324 g/mol. The van der Waals surface area contributed by atoms with E-state index in [2.05, 4.69) is 15.9 Å². The molecule has 19 heavy (non-hydrogen) atoms. The number of carbonyl (C=O) groups excluding carboxylic acids is 1. The second-order valence-corrected chi connectivity index (χ2v) is 5.13. The molecular formula is C15H11BrF2O. The average Bonchev–Trinajstić information content (AvgIpc) is 2.38. The molecule has 1 nitrogen and oxygen atoms in total. The van der Waals surface area contributed by atoms with Gasteiger partial charge in [-0.3, -0.25) is 4.79 Å². The van der Waals surface area contributed by atoms with E-state index in [0.29, 0.717) is 5.56 Å². The first-order chi connectivity index (χ1) is 8.99. The number of aryl methyl sites for hydroxylation is 1. The summed E-state index contributed by atoms with van der Waals surface area (Å²) in [6.45, 7) is 1.91. The van der Waals surface area contributed by atoms with E-state index in [4.69, 9.17) is 0 Å². The number of benzene rings is 2. The standard InChI is InChI=1S/C15H11BrF2O/c1-9-5-6-10(7-12(9)16)14(19)8-11-3-2-4-13(17)15(11)18/h2-7H,8H2,1H3. The first kappa shape index (κ1) is 13.9. The normalized spacial score (nSPS) is 10.5. The van der Waals surface area contributed by atoms with Crippen LogP contribution in [0.2, 0.25) is 0 Å². The van der Waals surface area contributed by atoms with E-state index in [1.807, 2.05) is 6.92 Å². The summed E-state index contributed by atoms with van der Waals surface area (Å²) in [4.78, 5) is 12.0. The smallest absolute Gasteiger partial charge is 0.167 e. The summed E-state index contributed by atoms with van der Waals surface area (Å²) >= 11 is 3.34. The van der Waals surface area contributed by atoms with Crippen LogP contribution in [0.15, 0.2) is 40.9 Å². The van der Waals surface area contributed by atoms with Crippen LogP contribution >= 0.6 is 15.9 Å². The fourth-order valence-electron chi connectivity index (χ4n) is 1.73. The first-order valence-electron chi connectivity index (χ1n) is 5.71. The molecule has 0 saturated heterocycles. The lowest BCUT2D eigenvalue weighted by molar-refractivity contribution is 0.0991. The predicted molar refractivity (Wildman–Crippen MR) is 73.3 cm³/mol. The molecule has 0 aromatic heterocycles. The van der Waals surface area contributed by atoms with Crippen molar-refractivity contribution in [3.63, 3.8) is 0 Å². The minimum atomic E-state index is -0.956. The van der Waals surface area contributed by atoms with Crippen LogP contribution < -0.4 is 0 Å². The van der Waals surface area contributed by atoms with Crippen LogP contribution in [0.25, 0.3) is 0 Å². The summed E-state index contributed by atoms with van der Waals surface area (Å²) in [5, 5.41) is 0. The van der Waals surface area contributed by atoms with Gasteiger partial charge in [0.15, 0.2) is 17.4 Å². The Balaban J connectivity index is 2.26. The molecule has 0 radical (unpaired) electrons. The van der Waals surface area contributed by atoms with Crippen molar-refractivity contribution in [3.8, 4) is 0 Å². The zero-order valence-electron chi connectivity index (χ0n) is 10.2. The van der Waals surface area contributed by atoms with Gasteiger partial charge < -0.3 is 0 Å². The molecule has 2 rings (SSSR count). The van der Waals surface area contributed by atoms with Gasteiger partial charge in [0.1, 0.15) is 0 Å². The van der Waals surface area contributed by atoms with E-state index in [1.165, 1.54) is 12.1 Å². The molecule has 0 atom stereocenters. The maximum atomic E-state index is 13.5. The van der Waals surface area contributed by atoms with Gasteiger partial charge >= 0.3 is 0 Å². The van der Waals surface area contributed by atoms with Crippen molar-refractivity contribution in [2.24, 2.45) is 0 Å². The number of hydrogen-bond donors (Lipinski definition) is 0. The van der Waals surface area contributed by atoms with Crippen LogP contribution in [0.4, 0.5) is 8.78 Å². The lowest BCUT2D eigenvalue weighted by atomic mass is 10.0. The van der Waals surface area contributed by atoms with Crippen molar-refractivity contribution in [1.29, 1.82) is 0 Å². The predicted octanol–water partition coefficient (Wildman–Crippen LogP) is 4.46. The minimum Gasteiger partial charge on any atom is -0.294 e. The molecule has 0 spiro atoms. The van der Waals surface area contributed by atoms with E-state index < -0.39 is 11.6 Å². The van der Waals surface area contributed by atoms with Crippen molar-refractivity contribution < 1.29 is 13.6 Å². The SMILES string of the molecule is Cc1ccc(C(=O)Cc2cccc(F)c2F)cc1Br. The molecule has 2 aromatic rings. The number of halogens is 3. The van der Waals surface area contributed by atoms with Gasteiger partial charge in [-0.25, -0.2) is 8.78 Å². The first-order valence-corrected chi connectivity index (χ1v) is 6.50. The Hall–Kier alpha value is -1.55. The van der Waals surface area contributed by atoms with Crippen LogP contribution in [0.5, 0.6) is 0 Å². The maximum Gasteiger partial charge on any atom is 0.167 e. The summed E-state index contributed by atoms with van der Waals surface area (Å²) in [7, 11) is 0. The molecule has 0 saturated carbocycles. The highest BCUT2D eigenvalue weighted by Gasteiger charge is 2.13. The zero-order chi connectivity index (χ0) is 14.0. The fourth-order valence-corrected chi connectivity index (χ4v) is 2.11. The Labute approximate surface area is 118 Å². The van der Waals surface area contributed by atoms with Gasteiger partial charge in [-0.05, 0) is 30.2 Å². The highest BCUT2D eigenvalue weighted by atomic mass is 79.9. The molecule has 98 valence electrons. The third-order valence-corrected chi connectivity index (χ3v) is 3.73. The second kappa shape index (κ2) is 5.61. The van der Waals surface area contributed by atoms with E-state index in [0.717, 1.165) is 16.1 Å². The number of carbonyl (C=O) groups is 1. The van der Waals surface area contributed by atoms with Gasteiger partial charge in [0.25, 0.3) is 0 Å². The molecule has 0 aliphatic carbocycles. The molecule has 0 amide bonds. The lowest BCUT2D eigenvalue weighted by Gasteiger charge is -2.05. The largest absolute Gasteiger partial charge is 0.294 e. The Kier molecular flexibility index (Phi) is 4.10. The minimum absolute atomic E-state index is 0.0710. The molecule has 4 heteroatoms.